The highest BCUT2D eigenvalue weighted by Crippen LogP contribution is 2.51. The number of alkyl halides is 1. The van der Waals surface area contributed by atoms with Crippen molar-refractivity contribution < 1.29 is 32.6 Å². The molecular weight excluding hydrogens is 466 g/mol. The number of halogens is 1. The SMILES string of the molecule is C#C[C@]1(F)C(O)[C@@H](COP(=O)(OCCSC(C)=O)N(C)C)O[C@H]1n1ccc(NC)nc1=O. The Morgan fingerprint density at radius 1 is 1.56 bits per heavy atom. The third-order valence-corrected chi connectivity index (χ3v) is 7.28. The highest BCUT2D eigenvalue weighted by atomic mass is 32.2. The molecule has 0 radical (unpaired) electrons. The Hall–Kier alpha value is -1.78. The quantitative estimate of drug-likeness (QED) is 0.274. The largest absolute Gasteiger partial charge is 0.407 e. The van der Waals surface area contributed by atoms with Gasteiger partial charge in [-0.15, -0.1) is 6.42 Å². The molecule has 0 aromatic carbocycles. The normalized spacial score (nSPS) is 27.1. The third kappa shape index (κ3) is 5.77. The fourth-order valence-electron chi connectivity index (χ4n) is 2.82. The zero-order chi connectivity index (χ0) is 24.1. The topological polar surface area (TPSA) is 132 Å². The molecule has 0 amide bonds. The van der Waals surface area contributed by atoms with Gasteiger partial charge in [0.1, 0.15) is 18.0 Å². The van der Waals surface area contributed by atoms with Gasteiger partial charge in [0, 0.05) is 25.9 Å². The summed E-state index contributed by atoms with van der Waals surface area (Å²) in [5.41, 5.74) is -3.62. The zero-order valence-corrected chi connectivity index (χ0v) is 19.8. The molecule has 1 fully saturated rings. The van der Waals surface area contributed by atoms with E-state index in [1.807, 2.05) is 5.92 Å². The van der Waals surface area contributed by atoms with Gasteiger partial charge in [0.2, 0.25) is 5.67 Å². The van der Waals surface area contributed by atoms with Gasteiger partial charge in [-0.3, -0.25) is 18.4 Å². The first-order valence-corrected chi connectivity index (χ1v) is 11.9. The summed E-state index contributed by atoms with van der Waals surface area (Å²) in [7, 11) is 0.613. The van der Waals surface area contributed by atoms with Crippen LogP contribution in [0.3, 0.4) is 0 Å². The highest BCUT2D eigenvalue weighted by Gasteiger charge is 2.58. The number of thioether (sulfide) groups is 1. The standard InChI is InChI=1S/C18H26FN4O7PS/c1-6-18(19)15(25)13(30-16(18)23-8-7-14(20-3)21-17(23)26)11-29-31(27,22(4)5)28-9-10-32-12(2)24/h1,7-8,13,15-16,25H,9-11H2,2-5H3,(H,20,21,26)/t13-,15?,16-,18+,31?/m1/s1. The van der Waals surface area contributed by atoms with Crippen molar-refractivity contribution in [3.05, 3.63) is 22.7 Å². The van der Waals surface area contributed by atoms with E-state index < -0.39 is 44.1 Å². The predicted octanol–water partition coefficient (Wildman–Crippen LogP) is 0.867. The number of hydrogen-bond acceptors (Lipinski definition) is 10. The van der Waals surface area contributed by atoms with Crippen LogP contribution >= 0.6 is 19.5 Å². The number of terminal acetylenes is 1. The first kappa shape index (κ1) is 26.5. The van der Waals surface area contributed by atoms with Gasteiger partial charge in [-0.05, 0) is 20.2 Å². The van der Waals surface area contributed by atoms with Gasteiger partial charge in [-0.25, -0.2) is 18.4 Å². The van der Waals surface area contributed by atoms with Crippen LogP contribution in [0.5, 0.6) is 0 Å². The van der Waals surface area contributed by atoms with Crippen molar-refractivity contribution in [2.24, 2.45) is 0 Å². The molecule has 2 rings (SSSR count). The average Bonchev–Trinajstić information content (AvgIpc) is 3.00. The Kier molecular flexibility index (Phi) is 9.01. The maximum absolute atomic E-state index is 15.5. The molecule has 2 N–H and O–H groups in total. The number of aliphatic hydroxyl groups excluding tert-OH is 1. The fraction of sp³-hybridized carbons (Fsp3) is 0.611. The molecule has 0 bridgehead atoms. The smallest absolute Gasteiger partial charge is 0.386 e. The summed E-state index contributed by atoms with van der Waals surface area (Å²) in [6.07, 6.45) is 1.61. The van der Waals surface area contributed by atoms with Gasteiger partial charge in [-0.2, -0.15) is 4.98 Å². The van der Waals surface area contributed by atoms with Gasteiger partial charge >= 0.3 is 13.4 Å². The monoisotopic (exact) mass is 492 g/mol. The minimum atomic E-state index is -3.84. The molecule has 1 aliphatic heterocycles. The minimum Gasteiger partial charge on any atom is -0.386 e. The van der Waals surface area contributed by atoms with Crippen LogP contribution in [-0.4, -0.2) is 82.4 Å². The van der Waals surface area contributed by atoms with E-state index in [0.29, 0.717) is 0 Å². The first-order chi connectivity index (χ1) is 15.0. The molecule has 11 nitrogen and oxygen atoms in total. The van der Waals surface area contributed by atoms with E-state index in [2.05, 4.69) is 10.3 Å². The molecule has 2 heterocycles. The van der Waals surface area contributed by atoms with E-state index in [1.54, 1.807) is 7.05 Å². The summed E-state index contributed by atoms with van der Waals surface area (Å²) in [5.74, 6) is 2.36. The third-order valence-electron chi connectivity index (χ3n) is 4.54. The lowest BCUT2D eigenvalue weighted by Crippen LogP contribution is -2.44. The molecule has 0 aliphatic carbocycles. The lowest BCUT2D eigenvalue weighted by atomic mass is 9.97. The maximum Gasteiger partial charge on any atom is 0.407 e. The van der Waals surface area contributed by atoms with Crippen LogP contribution in [0.2, 0.25) is 0 Å². The summed E-state index contributed by atoms with van der Waals surface area (Å²) in [6, 6.07) is 1.41. The van der Waals surface area contributed by atoms with Crippen molar-refractivity contribution >= 4 is 30.4 Å². The van der Waals surface area contributed by atoms with E-state index in [0.717, 1.165) is 16.3 Å². The molecular formula is C18H26FN4O7PS. The van der Waals surface area contributed by atoms with Crippen LogP contribution < -0.4 is 11.0 Å². The van der Waals surface area contributed by atoms with Crippen molar-refractivity contribution in [1.82, 2.24) is 14.2 Å². The number of carbonyl (C=O) groups is 1. The van der Waals surface area contributed by atoms with Gasteiger partial charge < -0.3 is 15.2 Å². The first-order valence-electron chi connectivity index (χ1n) is 9.46. The number of anilines is 1. The second-order valence-electron chi connectivity index (χ2n) is 6.92. The fourth-order valence-corrected chi connectivity index (χ4v) is 4.59. The van der Waals surface area contributed by atoms with E-state index in [9.17, 15) is 19.3 Å². The second kappa shape index (κ2) is 10.9. The van der Waals surface area contributed by atoms with E-state index in [-0.39, 0.29) is 23.3 Å². The predicted molar refractivity (Wildman–Crippen MR) is 117 cm³/mol. The maximum atomic E-state index is 15.5. The lowest BCUT2D eigenvalue weighted by Gasteiger charge is -2.25. The Labute approximate surface area is 189 Å². The number of aromatic nitrogens is 2. The van der Waals surface area contributed by atoms with Gasteiger partial charge in [0.25, 0.3) is 0 Å². The summed E-state index contributed by atoms with van der Waals surface area (Å²) in [6.45, 7) is 0.799. The van der Waals surface area contributed by atoms with Crippen molar-refractivity contribution in [3.63, 3.8) is 0 Å². The van der Waals surface area contributed by atoms with Crippen molar-refractivity contribution in [1.29, 1.82) is 0 Å². The molecule has 14 heteroatoms. The Morgan fingerprint density at radius 2 is 2.25 bits per heavy atom. The summed E-state index contributed by atoms with van der Waals surface area (Å²) >= 11 is 0.994. The molecule has 0 saturated carbocycles. The van der Waals surface area contributed by atoms with Crippen LogP contribution in [0, 0.1) is 12.3 Å². The molecule has 1 saturated heterocycles. The Balaban J connectivity index is 2.16. The number of hydrogen-bond donors (Lipinski definition) is 2. The molecule has 178 valence electrons. The van der Waals surface area contributed by atoms with Crippen LogP contribution in [-0.2, 0) is 23.1 Å². The van der Waals surface area contributed by atoms with Crippen LogP contribution in [0.15, 0.2) is 17.1 Å². The Morgan fingerprint density at radius 3 is 2.78 bits per heavy atom. The average molecular weight is 492 g/mol. The van der Waals surface area contributed by atoms with E-state index in [4.69, 9.17) is 20.2 Å². The molecule has 1 aromatic heterocycles. The Bertz CT molecular complexity index is 971. The van der Waals surface area contributed by atoms with Crippen LogP contribution in [0.25, 0.3) is 0 Å². The molecule has 0 spiro atoms. The van der Waals surface area contributed by atoms with Crippen molar-refractivity contribution in [2.75, 3.05) is 45.4 Å². The molecule has 1 aliphatic rings. The zero-order valence-electron chi connectivity index (χ0n) is 18.1. The molecule has 32 heavy (non-hydrogen) atoms. The molecule has 1 aromatic rings. The van der Waals surface area contributed by atoms with Gasteiger partial charge in [0.05, 0.1) is 13.2 Å². The second-order valence-corrected chi connectivity index (χ2v) is 10.4. The number of carbonyl (C=O) groups excluding carboxylic acids is 1. The van der Waals surface area contributed by atoms with Gasteiger partial charge in [0.15, 0.2) is 11.3 Å². The van der Waals surface area contributed by atoms with E-state index >= 15 is 4.39 Å². The summed E-state index contributed by atoms with van der Waals surface area (Å²) < 4.78 is 46.7. The highest BCUT2D eigenvalue weighted by molar-refractivity contribution is 8.13. The number of nitrogens with one attached hydrogen (secondary N) is 1. The summed E-state index contributed by atoms with van der Waals surface area (Å²) in [4.78, 5) is 27.0. The number of nitrogens with zero attached hydrogens (tertiary/aromatic N) is 3. The van der Waals surface area contributed by atoms with Crippen molar-refractivity contribution in [3.8, 4) is 12.3 Å². The van der Waals surface area contributed by atoms with Crippen molar-refractivity contribution in [2.45, 2.75) is 31.0 Å². The molecule has 2 unspecified atom stereocenters. The lowest BCUT2D eigenvalue weighted by molar-refractivity contribution is -0.109. The van der Waals surface area contributed by atoms with E-state index in [1.165, 1.54) is 38.0 Å². The van der Waals surface area contributed by atoms with Crippen LogP contribution in [0.4, 0.5) is 10.2 Å². The van der Waals surface area contributed by atoms with Crippen LogP contribution in [0.1, 0.15) is 13.2 Å². The minimum absolute atomic E-state index is 0.0489. The number of aliphatic hydroxyl groups is 1. The summed E-state index contributed by atoms with van der Waals surface area (Å²) in [5, 5.41) is 13.0. The number of rotatable bonds is 10. The molecule has 5 atom stereocenters. The number of ether oxygens (including phenoxy) is 1. The van der Waals surface area contributed by atoms with Gasteiger partial charge in [-0.1, -0.05) is 17.7 Å².